The van der Waals surface area contributed by atoms with Crippen molar-refractivity contribution in [2.24, 2.45) is 11.8 Å². The molecule has 0 amide bonds. The Hall–Kier alpha value is -3.03. The van der Waals surface area contributed by atoms with Crippen molar-refractivity contribution in [1.29, 1.82) is 0 Å². The van der Waals surface area contributed by atoms with Gasteiger partial charge in [0.15, 0.2) is 11.4 Å². The number of halogens is 1. The molecule has 1 saturated heterocycles. The number of hydrogen-bond acceptors (Lipinski definition) is 10. The molecule has 46 heavy (non-hydrogen) atoms. The number of imidazole rings is 1. The van der Waals surface area contributed by atoms with Crippen LogP contribution in [-0.2, 0) is 14.3 Å². The van der Waals surface area contributed by atoms with E-state index in [1.807, 2.05) is 26.1 Å². The lowest BCUT2D eigenvalue weighted by Gasteiger charge is -2.42. The number of nitrogens with one attached hydrogen (secondary N) is 2. The zero-order valence-corrected chi connectivity index (χ0v) is 28.2. The van der Waals surface area contributed by atoms with Crippen LogP contribution >= 0.6 is 11.8 Å². The fourth-order valence-corrected chi connectivity index (χ4v) is 6.18. The van der Waals surface area contributed by atoms with Gasteiger partial charge < -0.3 is 34.9 Å². The third-order valence-corrected chi connectivity index (χ3v) is 9.37. The van der Waals surface area contributed by atoms with Crippen molar-refractivity contribution < 1.29 is 28.9 Å². The summed E-state index contributed by atoms with van der Waals surface area (Å²) in [7, 11) is 1.98. The lowest BCUT2D eigenvalue weighted by molar-refractivity contribution is -0.215. The van der Waals surface area contributed by atoms with Gasteiger partial charge in [-0.1, -0.05) is 25.6 Å². The highest BCUT2D eigenvalue weighted by Gasteiger charge is 2.37. The van der Waals surface area contributed by atoms with Crippen LogP contribution in [0.1, 0.15) is 53.4 Å². The SMILES string of the molecule is CC(C)C(C)Nc1cc(-c2nc(SCCOC(=O)CCCCN(C)C3C[C@@H](C)O[C@@H](O)[C@@H]3CO)[nH]c2-c2ccc(F)cc2)ccn1. The summed E-state index contributed by atoms with van der Waals surface area (Å²) in [6.45, 7) is 9.19. The van der Waals surface area contributed by atoms with E-state index in [2.05, 4.69) is 41.0 Å². The molecule has 0 bridgehead atoms. The molecule has 1 aliphatic rings. The summed E-state index contributed by atoms with van der Waals surface area (Å²) in [6, 6.07) is 10.4. The first-order valence-electron chi connectivity index (χ1n) is 16.1. The van der Waals surface area contributed by atoms with E-state index in [1.165, 1.54) is 23.9 Å². The number of carbonyl (C=O) groups is 1. The van der Waals surface area contributed by atoms with E-state index in [9.17, 15) is 19.4 Å². The van der Waals surface area contributed by atoms with Crippen LogP contribution < -0.4 is 5.32 Å². The van der Waals surface area contributed by atoms with Crippen molar-refractivity contribution in [2.45, 2.75) is 83.0 Å². The summed E-state index contributed by atoms with van der Waals surface area (Å²) in [5, 5.41) is 24.0. The van der Waals surface area contributed by atoms with Crippen LogP contribution in [0.2, 0.25) is 0 Å². The first-order valence-corrected chi connectivity index (χ1v) is 17.1. The highest BCUT2D eigenvalue weighted by atomic mass is 32.2. The van der Waals surface area contributed by atoms with E-state index in [0.29, 0.717) is 29.7 Å². The maximum absolute atomic E-state index is 13.7. The van der Waals surface area contributed by atoms with Crippen molar-refractivity contribution in [3.8, 4) is 22.5 Å². The number of aromatic amines is 1. The van der Waals surface area contributed by atoms with E-state index in [4.69, 9.17) is 14.5 Å². The van der Waals surface area contributed by atoms with Crippen molar-refractivity contribution in [1.82, 2.24) is 19.9 Å². The second-order valence-corrected chi connectivity index (χ2v) is 13.5. The number of nitrogens with zero attached hydrogens (tertiary/aromatic N) is 3. The van der Waals surface area contributed by atoms with Gasteiger partial charge in [0, 0.05) is 47.5 Å². The van der Waals surface area contributed by atoms with Gasteiger partial charge in [0.1, 0.15) is 18.2 Å². The van der Waals surface area contributed by atoms with E-state index >= 15 is 0 Å². The number of anilines is 1. The molecular formula is C34H48FN5O5S. The molecule has 4 N–H and O–H groups in total. The largest absolute Gasteiger partial charge is 0.465 e. The summed E-state index contributed by atoms with van der Waals surface area (Å²) in [4.78, 5) is 27.3. The first-order chi connectivity index (χ1) is 22.0. The van der Waals surface area contributed by atoms with Gasteiger partial charge in [0.25, 0.3) is 0 Å². The van der Waals surface area contributed by atoms with E-state index < -0.39 is 6.29 Å². The van der Waals surface area contributed by atoms with Gasteiger partial charge in [-0.25, -0.2) is 14.4 Å². The van der Waals surface area contributed by atoms with Crippen LogP contribution in [0, 0.1) is 17.7 Å². The normalized spacial score (nSPS) is 20.7. The van der Waals surface area contributed by atoms with E-state index in [-0.39, 0.29) is 49.1 Å². The summed E-state index contributed by atoms with van der Waals surface area (Å²) in [6.07, 6.45) is 3.24. The number of rotatable bonds is 16. The second kappa shape index (κ2) is 17.2. The number of aromatic nitrogens is 3. The zero-order valence-electron chi connectivity index (χ0n) is 27.4. The lowest BCUT2D eigenvalue weighted by Crippen LogP contribution is -2.52. The first kappa shape index (κ1) is 35.8. The Bertz CT molecular complexity index is 1390. The fourth-order valence-electron chi connectivity index (χ4n) is 5.49. The predicted octanol–water partition coefficient (Wildman–Crippen LogP) is 5.58. The van der Waals surface area contributed by atoms with E-state index in [0.717, 1.165) is 47.7 Å². The number of unbranched alkanes of at least 4 members (excludes halogenated alkanes) is 1. The van der Waals surface area contributed by atoms with Gasteiger partial charge in [0.05, 0.1) is 24.1 Å². The molecule has 0 aliphatic carbocycles. The summed E-state index contributed by atoms with van der Waals surface area (Å²) in [5.74, 6) is 0.810. The number of aliphatic hydroxyl groups excluding tert-OH is 2. The third kappa shape index (κ3) is 9.98. The number of aliphatic hydroxyl groups is 2. The summed E-state index contributed by atoms with van der Waals surface area (Å²) < 4.78 is 24.6. The molecule has 252 valence electrons. The van der Waals surface area contributed by atoms with Crippen LogP contribution in [0.3, 0.4) is 0 Å². The molecule has 0 spiro atoms. The molecule has 2 unspecified atom stereocenters. The number of H-pyrrole nitrogens is 1. The molecule has 1 fully saturated rings. The number of carbonyl (C=O) groups excluding carboxylic acids is 1. The van der Waals surface area contributed by atoms with Gasteiger partial charge >= 0.3 is 5.97 Å². The number of pyridine rings is 1. The van der Waals surface area contributed by atoms with Crippen molar-refractivity contribution in [3.05, 3.63) is 48.4 Å². The standard InChI is InChI=1S/C34H48FN5O5S/c1-21(2)23(4)37-29-19-25(13-14-36-29)32-31(24-9-11-26(35)12-10-24)38-34(39-32)46-17-16-44-30(42)8-6-7-15-40(5)28-18-22(3)45-33(43)27(28)20-41/h9-14,19,21-23,27-28,33,41,43H,6-8,15-18,20H2,1-5H3,(H,36,37)(H,38,39)/t22-,23?,27-,28?,33-/m1/s1. The average Bonchev–Trinajstić information content (AvgIpc) is 3.45. The Kier molecular flexibility index (Phi) is 13.4. The van der Waals surface area contributed by atoms with Crippen LogP contribution in [-0.4, -0.2) is 93.1 Å². The Morgan fingerprint density at radius 1 is 1.22 bits per heavy atom. The van der Waals surface area contributed by atoms with Crippen LogP contribution in [0.5, 0.6) is 0 Å². The predicted molar refractivity (Wildman–Crippen MR) is 179 cm³/mol. The van der Waals surface area contributed by atoms with Crippen LogP contribution in [0.15, 0.2) is 47.8 Å². The van der Waals surface area contributed by atoms with Gasteiger partial charge in [-0.15, -0.1) is 0 Å². The maximum atomic E-state index is 13.7. The highest BCUT2D eigenvalue weighted by Crippen LogP contribution is 2.34. The minimum atomic E-state index is -0.972. The third-order valence-electron chi connectivity index (χ3n) is 8.53. The maximum Gasteiger partial charge on any atom is 0.305 e. The molecule has 3 aromatic rings. The van der Waals surface area contributed by atoms with Crippen LogP contribution in [0.25, 0.3) is 22.5 Å². The minimum absolute atomic E-state index is 0.0178. The zero-order chi connectivity index (χ0) is 33.2. The Labute approximate surface area is 275 Å². The molecule has 1 aromatic carbocycles. The van der Waals surface area contributed by atoms with E-state index in [1.54, 1.807) is 18.3 Å². The lowest BCUT2D eigenvalue weighted by atomic mass is 9.90. The number of thioether (sulfide) groups is 1. The topological polar surface area (TPSA) is 133 Å². The Morgan fingerprint density at radius 3 is 2.70 bits per heavy atom. The van der Waals surface area contributed by atoms with Crippen molar-refractivity contribution in [2.75, 3.05) is 37.9 Å². The molecule has 2 aromatic heterocycles. The molecular weight excluding hydrogens is 609 g/mol. The smallest absolute Gasteiger partial charge is 0.305 e. The number of ether oxygens (including phenoxy) is 2. The summed E-state index contributed by atoms with van der Waals surface area (Å²) in [5.41, 5.74) is 3.19. The monoisotopic (exact) mass is 657 g/mol. The molecule has 0 radical (unpaired) electrons. The van der Waals surface area contributed by atoms with Gasteiger partial charge in [0.2, 0.25) is 0 Å². The average molecular weight is 658 g/mol. The number of benzene rings is 1. The fraction of sp³-hybridized carbons (Fsp3) is 0.559. The Balaban J connectivity index is 1.28. The molecule has 12 heteroatoms. The molecule has 1 aliphatic heterocycles. The quantitative estimate of drug-likeness (QED) is 0.0880. The summed E-state index contributed by atoms with van der Waals surface area (Å²) >= 11 is 1.45. The molecule has 4 rings (SSSR count). The molecule has 0 saturated carbocycles. The van der Waals surface area contributed by atoms with Crippen molar-refractivity contribution >= 4 is 23.5 Å². The molecule has 3 heterocycles. The van der Waals surface area contributed by atoms with Crippen LogP contribution in [0.4, 0.5) is 10.2 Å². The van der Waals surface area contributed by atoms with Gasteiger partial charge in [-0.3, -0.25) is 4.79 Å². The van der Waals surface area contributed by atoms with Gasteiger partial charge in [-0.2, -0.15) is 0 Å². The number of esters is 1. The minimum Gasteiger partial charge on any atom is -0.465 e. The molecule has 10 nitrogen and oxygen atoms in total. The highest BCUT2D eigenvalue weighted by molar-refractivity contribution is 7.99. The van der Waals surface area contributed by atoms with Crippen molar-refractivity contribution in [3.63, 3.8) is 0 Å². The Morgan fingerprint density at radius 2 is 1.98 bits per heavy atom. The second-order valence-electron chi connectivity index (χ2n) is 12.4. The van der Waals surface area contributed by atoms with Gasteiger partial charge in [-0.05, 0) is 89.0 Å². The molecule has 5 atom stereocenters. The number of hydrogen-bond donors (Lipinski definition) is 4.